The van der Waals surface area contributed by atoms with Gasteiger partial charge >= 0.3 is 17.9 Å². The maximum Gasteiger partial charge on any atom is 0.306 e. The number of unbranched alkanes of at least 4 members (excludes halogenated alkanes) is 21. The highest BCUT2D eigenvalue weighted by Gasteiger charge is 2.19. The Balaban J connectivity index is 4.49. The molecule has 0 aliphatic carbocycles. The number of rotatable bonds is 47. The third kappa shape index (κ3) is 51.2. The van der Waals surface area contributed by atoms with E-state index in [0.717, 1.165) is 89.9 Å². The second-order valence-electron chi connectivity index (χ2n) is 17.4. The first kappa shape index (κ1) is 61.3. The molecule has 0 aromatic carbocycles. The monoisotopic (exact) mass is 903 g/mol. The molecule has 0 N–H and O–H groups in total. The Kier molecular flexibility index (Phi) is 50.0. The van der Waals surface area contributed by atoms with Gasteiger partial charge in [-0.15, -0.1) is 0 Å². The van der Waals surface area contributed by atoms with Crippen LogP contribution in [0, 0.1) is 0 Å². The molecule has 0 aliphatic rings. The summed E-state index contributed by atoms with van der Waals surface area (Å²) in [7, 11) is 0. The molecular formula is C59H98O6. The lowest BCUT2D eigenvalue weighted by atomic mass is 10.0. The molecule has 0 amide bonds. The molecule has 6 heteroatoms. The van der Waals surface area contributed by atoms with Gasteiger partial charge in [0.1, 0.15) is 13.2 Å². The van der Waals surface area contributed by atoms with Crippen molar-refractivity contribution in [3.63, 3.8) is 0 Å². The topological polar surface area (TPSA) is 78.9 Å². The fourth-order valence-corrected chi connectivity index (χ4v) is 7.09. The summed E-state index contributed by atoms with van der Waals surface area (Å²) >= 11 is 0. The van der Waals surface area contributed by atoms with Crippen LogP contribution < -0.4 is 0 Å². The second-order valence-corrected chi connectivity index (χ2v) is 17.4. The van der Waals surface area contributed by atoms with Crippen molar-refractivity contribution in [2.24, 2.45) is 0 Å². The molecule has 0 heterocycles. The van der Waals surface area contributed by atoms with Crippen LogP contribution in [0.4, 0.5) is 0 Å². The second kappa shape index (κ2) is 52.9. The number of carbonyl (C=O) groups excluding carboxylic acids is 3. The Bertz CT molecular complexity index is 1310. The molecule has 0 bridgehead atoms. The number of esters is 3. The number of allylic oxidation sites excluding steroid dienone is 16. The van der Waals surface area contributed by atoms with Crippen molar-refractivity contribution < 1.29 is 28.6 Å². The normalized spacial score (nSPS) is 12.8. The smallest absolute Gasteiger partial charge is 0.306 e. The van der Waals surface area contributed by atoms with Crippen molar-refractivity contribution in [3.05, 3.63) is 97.2 Å². The molecule has 370 valence electrons. The Morgan fingerprint density at radius 1 is 0.338 bits per heavy atom. The lowest BCUT2D eigenvalue weighted by Crippen LogP contribution is -2.30. The first-order chi connectivity index (χ1) is 32.0. The molecule has 0 aromatic heterocycles. The highest BCUT2D eigenvalue weighted by Crippen LogP contribution is 2.15. The molecule has 0 rings (SSSR count). The minimum Gasteiger partial charge on any atom is -0.462 e. The van der Waals surface area contributed by atoms with E-state index in [9.17, 15) is 14.4 Å². The summed E-state index contributed by atoms with van der Waals surface area (Å²) in [4.78, 5) is 38.0. The predicted molar refractivity (Wildman–Crippen MR) is 279 cm³/mol. The molecule has 0 spiro atoms. The summed E-state index contributed by atoms with van der Waals surface area (Å²) in [5, 5.41) is 0. The van der Waals surface area contributed by atoms with Crippen molar-refractivity contribution in [2.75, 3.05) is 13.2 Å². The number of ether oxygens (including phenoxy) is 3. The van der Waals surface area contributed by atoms with Crippen LogP contribution in [0.15, 0.2) is 97.2 Å². The van der Waals surface area contributed by atoms with Crippen LogP contribution in [0.1, 0.15) is 239 Å². The van der Waals surface area contributed by atoms with Gasteiger partial charge in [0, 0.05) is 19.3 Å². The molecule has 1 atom stereocenters. The number of hydrogen-bond acceptors (Lipinski definition) is 6. The van der Waals surface area contributed by atoms with Crippen LogP contribution in [-0.4, -0.2) is 37.2 Å². The van der Waals surface area contributed by atoms with Gasteiger partial charge in [0.25, 0.3) is 0 Å². The molecule has 0 fully saturated rings. The van der Waals surface area contributed by atoms with Gasteiger partial charge in [-0.3, -0.25) is 14.4 Å². The van der Waals surface area contributed by atoms with E-state index < -0.39 is 6.10 Å². The zero-order valence-electron chi connectivity index (χ0n) is 42.2. The van der Waals surface area contributed by atoms with E-state index in [4.69, 9.17) is 14.2 Å². The third-order valence-electron chi connectivity index (χ3n) is 11.1. The summed E-state index contributed by atoms with van der Waals surface area (Å²) in [5.41, 5.74) is 0. The molecule has 1 unspecified atom stereocenters. The van der Waals surface area contributed by atoms with Gasteiger partial charge < -0.3 is 14.2 Å². The van der Waals surface area contributed by atoms with E-state index in [1.807, 2.05) is 6.08 Å². The van der Waals surface area contributed by atoms with Gasteiger partial charge in [-0.05, 0) is 77.0 Å². The zero-order chi connectivity index (χ0) is 47.2. The van der Waals surface area contributed by atoms with Crippen molar-refractivity contribution >= 4 is 17.9 Å². The quantitative estimate of drug-likeness (QED) is 0.0199. The molecule has 6 nitrogen and oxygen atoms in total. The highest BCUT2D eigenvalue weighted by molar-refractivity contribution is 5.71. The fraction of sp³-hybridized carbons (Fsp3) is 0.678. The van der Waals surface area contributed by atoms with E-state index in [2.05, 4.69) is 112 Å². The molecule has 0 saturated heterocycles. The SMILES string of the molecule is CC/C=C\C/C=C\C/C=C\C/C=C\C/C=C\C/C=C\CCC(=O)OCC(COC(=O)CCCCC/C=C\C=C/CCCC)OC(=O)CCCCCCCCCCCCCCCCCCC. The average molecular weight is 903 g/mol. The lowest BCUT2D eigenvalue weighted by molar-refractivity contribution is -0.166. The van der Waals surface area contributed by atoms with Gasteiger partial charge in [0.2, 0.25) is 0 Å². The molecule has 0 radical (unpaired) electrons. The summed E-state index contributed by atoms with van der Waals surface area (Å²) in [6, 6.07) is 0. The van der Waals surface area contributed by atoms with Gasteiger partial charge in [-0.1, -0.05) is 240 Å². The Hall–Kier alpha value is -3.67. The first-order valence-corrected chi connectivity index (χ1v) is 26.8. The Labute approximate surface area is 400 Å². The number of carbonyl (C=O) groups is 3. The van der Waals surface area contributed by atoms with Gasteiger partial charge in [0.05, 0.1) is 0 Å². The molecule has 0 aromatic rings. The van der Waals surface area contributed by atoms with Gasteiger partial charge in [-0.25, -0.2) is 0 Å². The lowest BCUT2D eigenvalue weighted by Gasteiger charge is -2.18. The largest absolute Gasteiger partial charge is 0.462 e. The zero-order valence-corrected chi connectivity index (χ0v) is 42.2. The summed E-state index contributed by atoms with van der Waals surface area (Å²) in [5.74, 6) is -1.03. The van der Waals surface area contributed by atoms with Crippen LogP contribution >= 0.6 is 0 Å². The fourth-order valence-electron chi connectivity index (χ4n) is 7.09. The van der Waals surface area contributed by atoms with Gasteiger partial charge in [-0.2, -0.15) is 0 Å². The average Bonchev–Trinajstić information content (AvgIpc) is 3.30. The van der Waals surface area contributed by atoms with Crippen LogP contribution in [0.25, 0.3) is 0 Å². The highest BCUT2D eigenvalue weighted by atomic mass is 16.6. The number of hydrogen-bond donors (Lipinski definition) is 0. The van der Waals surface area contributed by atoms with E-state index in [0.29, 0.717) is 19.3 Å². The Morgan fingerprint density at radius 2 is 0.692 bits per heavy atom. The van der Waals surface area contributed by atoms with E-state index in [1.165, 1.54) is 103 Å². The standard InChI is InChI=1S/C59H98O6/c1-4-7-10-13-16-19-22-24-26-28-29-31-32-34-37-40-43-46-49-52-58(61)64-55-56(54-63-57(60)51-48-45-42-39-36-21-18-15-12-9-6-3)65-59(62)53-50-47-44-41-38-35-33-30-27-25-23-20-17-14-11-8-5-2/h7,10,15-16,18-19,21,24,26,29,31,34,36-37,43,46,56H,4-6,8-9,11-14,17,20,22-23,25,27-28,30,32-33,35,38-42,44-45,47-55H2,1-3H3/b10-7-,18-15-,19-16-,26-24-,31-29-,36-21-,37-34-,46-43-. The van der Waals surface area contributed by atoms with Crippen molar-refractivity contribution in [2.45, 2.75) is 245 Å². The molecule has 0 saturated carbocycles. The minimum absolute atomic E-state index is 0.114. The van der Waals surface area contributed by atoms with Crippen molar-refractivity contribution in [1.82, 2.24) is 0 Å². The van der Waals surface area contributed by atoms with Crippen LogP contribution in [0.3, 0.4) is 0 Å². The first-order valence-electron chi connectivity index (χ1n) is 26.8. The third-order valence-corrected chi connectivity index (χ3v) is 11.1. The van der Waals surface area contributed by atoms with Crippen molar-refractivity contribution in [1.29, 1.82) is 0 Å². The summed E-state index contributed by atoms with van der Waals surface area (Å²) in [6.45, 7) is 6.38. The summed E-state index contributed by atoms with van der Waals surface area (Å²) in [6.07, 6.45) is 69.8. The predicted octanol–water partition coefficient (Wildman–Crippen LogP) is 17.8. The van der Waals surface area contributed by atoms with Crippen LogP contribution in [-0.2, 0) is 28.6 Å². The summed E-state index contributed by atoms with van der Waals surface area (Å²) < 4.78 is 16.7. The van der Waals surface area contributed by atoms with Crippen LogP contribution in [0.2, 0.25) is 0 Å². The van der Waals surface area contributed by atoms with Crippen LogP contribution in [0.5, 0.6) is 0 Å². The maximum absolute atomic E-state index is 12.8. The molecular weight excluding hydrogens is 805 g/mol. The maximum atomic E-state index is 12.8. The van der Waals surface area contributed by atoms with E-state index in [-0.39, 0.29) is 37.5 Å². The van der Waals surface area contributed by atoms with E-state index in [1.54, 1.807) is 0 Å². The Morgan fingerprint density at radius 3 is 1.14 bits per heavy atom. The van der Waals surface area contributed by atoms with Crippen molar-refractivity contribution in [3.8, 4) is 0 Å². The molecule has 65 heavy (non-hydrogen) atoms. The van der Waals surface area contributed by atoms with E-state index >= 15 is 0 Å². The van der Waals surface area contributed by atoms with Gasteiger partial charge in [0.15, 0.2) is 6.10 Å². The minimum atomic E-state index is -0.817. The molecule has 0 aliphatic heterocycles.